The Hall–Kier alpha value is -1.29. The second-order valence-corrected chi connectivity index (χ2v) is 5.69. The first-order chi connectivity index (χ1) is 12.3. The molecule has 0 saturated carbocycles. The van der Waals surface area contributed by atoms with Gasteiger partial charge in [-0.05, 0) is 7.05 Å². The van der Waals surface area contributed by atoms with Crippen molar-refractivity contribution in [2.24, 2.45) is 0 Å². The van der Waals surface area contributed by atoms with Gasteiger partial charge in [0, 0.05) is 26.2 Å². The lowest BCUT2D eigenvalue weighted by Gasteiger charge is -2.43. The highest BCUT2D eigenvalue weighted by molar-refractivity contribution is 5.04. The van der Waals surface area contributed by atoms with Crippen LogP contribution in [0.15, 0.2) is 11.9 Å². The summed E-state index contributed by atoms with van der Waals surface area (Å²) in [6.45, 7) is -2.67. The van der Waals surface area contributed by atoms with Crippen LogP contribution in [0, 0.1) is 0 Å². The summed E-state index contributed by atoms with van der Waals surface area (Å²) in [4.78, 5) is 0.721. The molecule has 0 aromatic heterocycles. The third-order valence-electron chi connectivity index (χ3n) is 3.72. The lowest BCUT2D eigenvalue weighted by molar-refractivity contribution is -0.477. The maximum atomic E-state index is 13.9. The zero-order chi connectivity index (χ0) is 22.3. The molecular formula is C12H11F13N2O. The van der Waals surface area contributed by atoms with Crippen LogP contribution in [0.2, 0.25) is 0 Å². The Balaban J connectivity index is 3.24. The molecule has 0 N–H and O–H groups in total. The summed E-state index contributed by atoms with van der Waals surface area (Å²) >= 11 is 0. The van der Waals surface area contributed by atoms with Crippen molar-refractivity contribution in [3.05, 3.63) is 11.9 Å². The van der Waals surface area contributed by atoms with Crippen molar-refractivity contribution in [3.63, 3.8) is 0 Å². The fourth-order valence-corrected chi connectivity index (χ4v) is 2.04. The molecule has 1 saturated heterocycles. The summed E-state index contributed by atoms with van der Waals surface area (Å²) < 4.78 is 172. The number of hydrogen-bond donors (Lipinski definition) is 0. The zero-order valence-corrected chi connectivity index (χ0v) is 13.5. The summed E-state index contributed by atoms with van der Waals surface area (Å²) in [7, 11) is 1.35. The molecule has 16 heteroatoms. The number of ether oxygens (including phenoxy) is 1. The van der Waals surface area contributed by atoms with E-state index >= 15 is 0 Å². The van der Waals surface area contributed by atoms with Gasteiger partial charge in [0.25, 0.3) is 5.83 Å². The molecule has 0 amide bonds. The molecule has 0 unspecified atom stereocenters. The average molecular weight is 446 g/mol. The van der Waals surface area contributed by atoms with E-state index in [1.807, 2.05) is 4.74 Å². The smallest absolute Gasteiger partial charge is 0.304 e. The Labute approximate surface area is 148 Å². The second-order valence-electron chi connectivity index (χ2n) is 5.69. The first-order valence-corrected chi connectivity index (χ1v) is 7.05. The lowest BCUT2D eigenvalue weighted by Crippen LogP contribution is -2.69. The first-order valence-electron chi connectivity index (χ1n) is 7.05. The molecule has 0 bridgehead atoms. The Kier molecular flexibility index (Phi) is 6.64. The van der Waals surface area contributed by atoms with E-state index in [0.29, 0.717) is 0 Å². The number of rotatable bonds is 7. The molecule has 3 nitrogen and oxygen atoms in total. The quantitative estimate of drug-likeness (QED) is 0.427. The van der Waals surface area contributed by atoms with Crippen molar-refractivity contribution in [1.29, 1.82) is 0 Å². The van der Waals surface area contributed by atoms with Crippen molar-refractivity contribution in [2.75, 3.05) is 33.2 Å². The van der Waals surface area contributed by atoms with Gasteiger partial charge in [0.2, 0.25) is 0 Å². The van der Waals surface area contributed by atoms with Gasteiger partial charge in [0.15, 0.2) is 0 Å². The maximum absolute atomic E-state index is 13.9. The number of halogens is 13. The molecule has 0 aromatic carbocycles. The Bertz CT molecular complexity index is 594. The molecule has 0 aliphatic carbocycles. The van der Waals surface area contributed by atoms with Gasteiger partial charge in [-0.1, -0.05) is 0 Å². The van der Waals surface area contributed by atoms with Crippen molar-refractivity contribution >= 4 is 0 Å². The number of alkyl halides is 10. The van der Waals surface area contributed by atoms with Gasteiger partial charge in [0.05, 0.1) is 0 Å². The summed E-state index contributed by atoms with van der Waals surface area (Å²) in [5.41, 5.74) is 0. The van der Waals surface area contributed by atoms with Crippen LogP contribution in [0.5, 0.6) is 0 Å². The van der Waals surface area contributed by atoms with Crippen LogP contribution in [0.4, 0.5) is 57.1 Å². The Morgan fingerprint density at radius 2 is 1.14 bits per heavy atom. The summed E-state index contributed by atoms with van der Waals surface area (Å²) in [5.74, 6) is -18.5. The van der Waals surface area contributed by atoms with Gasteiger partial charge in [-0.15, -0.1) is 0 Å². The minimum Gasteiger partial charge on any atom is -0.304 e. The topological polar surface area (TPSA) is 15.7 Å². The van der Waals surface area contributed by atoms with Gasteiger partial charge in [-0.25, -0.2) is 9.64 Å². The summed E-state index contributed by atoms with van der Waals surface area (Å²) in [5, 5.41) is 0. The molecule has 0 radical (unpaired) electrons. The highest BCUT2D eigenvalue weighted by Gasteiger charge is 2.84. The average Bonchev–Trinajstić information content (AvgIpc) is 2.52. The molecule has 28 heavy (non-hydrogen) atoms. The van der Waals surface area contributed by atoms with E-state index in [1.165, 1.54) is 11.9 Å². The lowest BCUT2D eigenvalue weighted by atomic mass is 10.1. The first kappa shape index (κ1) is 24.7. The van der Waals surface area contributed by atoms with E-state index in [2.05, 4.69) is 0 Å². The van der Waals surface area contributed by atoms with Crippen LogP contribution in [0.25, 0.3) is 0 Å². The minimum absolute atomic E-state index is 0.353. The van der Waals surface area contributed by atoms with E-state index in [0.717, 1.165) is 0 Å². The highest BCUT2D eigenvalue weighted by Crippen LogP contribution is 2.55. The van der Waals surface area contributed by atoms with Crippen molar-refractivity contribution in [2.45, 2.75) is 30.1 Å². The van der Waals surface area contributed by atoms with Crippen LogP contribution >= 0.6 is 0 Å². The normalized spacial score (nSPS) is 19.1. The number of hydrogen-bond acceptors (Lipinski definition) is 3. The maximum Gasteiger partial charge on any atom is 0.430 e. The van der Waals surface area contributed by atoms with Crippen LogP contribution in [-0.2, 0) is 4.74 Å². The van der Waals surface area contributed by atoms with Gasteiger partial charge in [-0.2, -0.15) is 57.1 Å². The minimum atomic E-state index is -7.36. The number of piperazine rings is 1. The van der Waals surface area contributed by atoms with Crippen LogP contribution in [-0.4, -0.2) is 73.1 Å². The third kappa shape index (κ3) is 4.17. The van der Waals surface area contributed by atoms with Crippen LogP contribution in [0.3, 0.4) is 0 Å². The van der Waals surface area contributed by atoms with E-state index in [-0.39, 0.29) is 13.1 Å². The summed E-state index contributed by atoms with van der Waals surface area (Å²) in [6.07, 6.45) is -17.7. The molecule has 1 fully saturated rings. The second kappa shape index (κ2) is 7.51. The van der Waals surface area contributed by atoms with Crippen molar-refractivity contribution in [3.8, 4) is 0 Å². The van der Waals surface area contributed by atoms with Gasteiger partial charge in [0.1, 0.15) is 0 Å². The number of likely N-dealkylation sites (N-methyl/N-ethyl adjacent to an activating group) is 1. The molecule has 0 spiro atoms. The van der Waals surface area contributed by atoms with Gasteiger partial charge in [-0.3, -0.25) is 0 Å². The molecule has 1 aliphatic heterocycles. The van der Waals surface area contributed by atoms with E-state index < -0.39 is 60.0 Å². The molecule has 0 aromatic rings. The van der Waals surface area contributed by atoms with Crippen molar-refractivity contribution < 1.29 is 61.8 Å². The van der Waals surface area contributed by atoms with E-state index in [9.17, 15) is 57.1 Å². The third-order valence-corrected chi connectivity index (χ3v) is 3.72. The summed E-state index contributed by atoms with van der Waals surface area (Å²) in [6, 6.07) is -5.99. The van der Waals surface area contributed by atoms with Crippen LogP contribution < -0.4 is 0 Å². The van der Waals surface area contributed by atoms with E-state index in [4.69, 9.17) is 0 Å². The largest absolute Gasteiger partial charge is 0.430 e. The molecule has 0 atom stereocenters. The monoisotopic (exact) mass is 446 g/mol. The Morgan fingerprint density at radius 3 is 1.54 bits per heavy atom. The van der Waals surface area contributed by atoms with Gasteiger partial charge < -0.3 is 4.90 Å². The molecule has 166 valence electrons. The molecule has 1 heterocycles. The molecule has 1 rings (SSSR count). The number of nitrogens with zero attached hydrogens (tertiary/aromatic N) is 2. The zero-order valence-electron chi connectivity index (χ0n) is 13.5. The predicted octanol–water partition coefficient (Wildman–Crippen LogP) is 4.38. The highest BCUT2D eigenvalue weighted by atomic mass is 19.4. The fraction of sp³-hybridized carbons (Fsp3) is 0.833. The SMILES string of the molecule is CN1CCN(C(F)(F)C(F)(F)C(F)(F)C(F)(F)OC(F)(F)C(F)=C(F)F)CC1. The standard InChI is InChI=1S/C12H11F13N2O/c1-26-2-4-27(5-3-26)11(22,23)9(18,19)10(20,21)12(24,25)28-8(16,17)6(13)7(14)15/h2-5H2,1H3. The van der Waals surface area contributed by atoms with E-state index in [1.54, 1.807) is 0 Å². The van der Waals surface area contributed by atoms with Crippen molar-refractivity contribution in [1.82, 2.24) is 9.80 Å². The fourth-order valence-electron chi connectivity index (χ4n) is 2.04. The molecular weight excluding hydrogens is 435 g/mol. The Morgan fingerprint density at radius 1 is 0.714 bits per heavy atom. The van der Waals surface area contributed by atoms with Gasteiger partial charge >= 0.3 is 36.2 Å². The van der Waals surface area contributed by atoms with Crippen LogP contribution in [0.1, 0.15) is 0 Å². The molecule has 1 aliphatic rings. The predicted molar refractivity (Wildman–Crippen MR) is 65.2 cm³/mol.